The molecule has 5 nitrogen and oxygen atoms in total. The molecule has 2 rings (SSSR count). The molecule has 16 heavy (non-hydrogen) atoms. The fraction of sp³-hybridized carbons (Fsp3) is 0.909. The molecule has 4 atom stereocenters. The smallest absolute Gasteiger partial charge is 0.250 e. The number of carbonyl (C=O) groups excluding carboxylic acids is 1. The van der Waals surface area contributed by atoms with Gasteiger partial charge in [-0.1, -0.05) is 0 Å². The van der Waals surface area contributed by atoms with E-state index in [2.05, 4.69) is 16.0 Å². The van der Waals surface area contributed by atoms with Crippen molar-refractivity contribution in [3.8, 4) is 0 Å². The molecule has 0 spiro atoms. The van der Waals surface area contributed by atoms with Gasteiger partial charge in [0.15, 0.2) is 6.10 Å². The number of hydrogen-bond donors (Lipinski definition) is 3. The molecule has 1 amide bonds. The van der Waals surface area contributed by atoms with Crippen LogP contribution in [0.4, 0.5) is 0 Å². The van der Waals surface area contributed by atoms with Crippen molar-refractivity contribution in [3.63, 3.8) is 0 Å². The number of ether oxygens (including phenoxy) is 1. The predicted octanol–water partition coefficient (Wildman–Crippen LogP) is -0.422. The van der Waals surface area contributed by atoms with Gasteiger partial charge >= 0.3 is 0 Å². The molecular weight excluding hydrogens is 206 g/mol. The summed E-state index contributed by atoms with van der Waals surface area (Å²) in [5, 5.41) is 9.41. The minimum atomic E-state index is -0.316. The molecule has 1 aliphatic carbocycles. The summed E-state index contributed by atoms with van der Waals surface area (Å²) in [4.78, 5) is 11.8. The maximum absolute atomic E-state index is 11.8. The Morgan fingerprint density at radius 2 is 2.12 bits per heavy atom. The number of hydrogen-bond acceptors (Lipinski definition) is 4. The molecule has 1 aliphatic heterocycles. The molecule has 1 saturated carbocycles. The van der Waals surface area contributed by atoms with E-state index in [9.17, 15) is 4.79 Å². The zero-order valence-electron chi connectivity index (χ0n) is 9.95. The first-order valence-electron chi connectivity index (χ1n) is 6.05. The molecule has 92 valence electrons. The Morgan fingerprint density at radius 1 is 1.38 bits per heavy atom. The second-order valence-electron chi connectivity index (χ2n) is 4.68. The van der Waals surface area contributed by atoms with E-state index in [1.165, 1.54) is 0 Å². The normalized spacial score (nSPS) is 38.9. The Labute approximate surface area is 96.3 Å². The van der Waals surface area contributed by atoms with Gasteiger partial charge in [0.1, 0.15) is 6.23 Å². The van der Waals surface area contributed by atoms with Crippen molar-refractivity contribution >= 4 is 5.91 Å². The average molecular weight is 227 g/mol. The third-order valence-electron chi connectivity index (χ3n) is 3.44. The first-order valence-corrected chi connectivity index (χ1v) is 6.05. The monoisotopic (exact) mass is 227 g/mol. The highest BCUT2D eigenvalue weighted by Crippen LogP contribution is 2.19. The van der Waals surface area contributed by atoms with Crippen molar-refractivity contribution in [1.29, 1.82) is 0 Å². The standard InChI is InChI=1S/C11H21N3O2/c1-7-13-6-10(16-7)11(15)14-9-4-3-8(5-9)12-2/h7-10,12-13H,3-6H2,1-2H3,(H,14,15). The summed E-state index contributed by atoms with van der Waals surface area (Å²) in [7, 11) is 1.97. The summed E-state index contributed by atoms with van der Waals surface area (Å²) < 4.78 is 5.45. The zero-order chi connectivity index (χ0) is 11.5. The van der Waals surface area contributed by atoms with Crippen molar-refractivity contribution in [2.45, 2.75) is 50.6 Å². The van der Waals surface area contributed by atoms with Crippen molar-refractivity contribution in [1.82, 2.24) is 16.0 Å². The summed E-state index contributed by atoms with van der Waals surface area (Å²) in [5.41, 5.74) is 0. The van der Waals surface area contributed by atoms with Crippen LogP contribution in [0.25, 0.3) is 0 Å². The van der Waals surface area contributed by atoms with Crippen LogP contribution in [0.3, 0.4) is 0 Å². The lowest BCUT2D eigenvalue weighted by molar-refractivity contribution is -0.131. The van der Waals surface area contributed by atoms with Gasteiger partial charge in [-0.05, 0) is 33.2 Å². The van der Waals surface area contributed by atoms with E-state index in [-0.39, 0.29) is 18.2 Å². The number of carbonyl (C=O) groups is 1. The minimum absolute atomic E-state index is 0.00983. The predicted molar refractivity (Wildman–Crippen MR) is 61.0 cm³/mol. The van der Waals surface area contributed by atoms with E-state index in [4.69, 9.17) is 4.74 Å². The number of rotatable bonds is 3. The first-order chi connectivity index (χ1) is 7.69. The second kappa shape index (κ2) is 5.12. The summed E-state index contributed by atoms with van der Waals surface area (Å²) in [6.45, 7) is 2.54. The van der Waals surface area contributed by atoms with Crippen LogP contribution in [0, 0.1) is 0 Å². The van der Waals surface area contributed by atoms with Crippen molar-refractivity contribution in [3.05, 3.63) is 0 Å². The molecule has 0 aromatic heterocycles. The van der Waals surface area contributed by atoms with Crippen molar-refractivity contribution in [2.24, 2.45) is 0 Å². The summed E-state index contributed by atoms with van der Waals surface area (Å²) in [6, 6.07) is 0.858. The first kappa shape index (κ1) is 11.8. The van der Waals surface area contributed by atoms with Gasteiger partial charge in [-0.2, -0.15) is 0 Å². The highest BCUT2D eigenvalue weighted by atomic mass is 16.5. The molecule has 1 saturated heterocycles. The summed E-state index contributed by atoms with van der Waals surface area (Å²) >= 11 is 0. The van der Waals surface area contributed by atoms with Gasteiger partial charge < -0.3 is 15.4 Å². The maximum atomic E-state index is 11.8. The van der Waals surface area contributed by atoms with E-state index in [0.29, 0.717) is 18.6 Å². The molecular formula is C11H21N3O2. The SMILES string of the molecule is CNC1CCC(NC(=O)C2CNC(C)O2)C1. The lowest BCUT2D eigenvalue weighted by atomic mass is 10.2. The number of nitrogens with one attached hydrogen (secondary N) is 3. The highest BCUT2D eigenvalue weighted by Gasteiger charge is 2.31. The lowest BCUT2D eigenvalue weighted by Gasteiger charge is -2.16. The molecule has 0 radical (unpaired) electrons. The summed E-state index contributed by atoms with van der Waals surface area (Å²) in [6.07, 6.45) is 2.90. The Bertz CT molecular complexity index is 260. The Balaban J connectivity index is 1.75. The molecule has 4 unspecified atom stereocenters. The molecule has 3 N–H and O–H groups in total. The zero-order valence-corrected chi connectivity index (χ0v) is 9.95. The van der Waals surface area contributed by atoms with E-state index < -0.39 is 0 Å². The van der Waals surface area contributed by atoms with Gasteiger partial charge in [0.25, 0.3) is 5.91 Å². The van der Waals surface area contributed by atoms with Crippen LogP contribution < -0.4 is 16.0 Å². The lowest BCUT2D eigenvalue weighted by Crippen LogP contribution is -2.42. The van der Waals surface area contributed by atoms with Crippen LogP contribution >= 0.6 is 0 Å². The number of amides is 1. The molecule has 0 aromatic carbocycles. The van der Waals surface area contributed by atoms with E-state index in [0.717, 1.165) is 19.3 Å². The van der Waals surface area contributed by atoms with Crippen LogP contribution in [0.15, 0.2) is 0 Å². The Morgan fingerprint density at radius 3 is 2.69 bits per heavy atom. The Kier molecular flexibility index (Phi) is 3.78. The molecule has 1 heterocycles. The van der Waals surface area contributed by atoms with Crippen LogP contribution in [-0.4, -0.2) is 43.9 Å². The fourth-order valence-corrected chi connectivity index (χ4v) is 2.44. The van der Waals surface area contributed by atoms with Crippen LogP contribution in [-0.2, 0) is 9.53 Å². The van der Waals surface area contributed by atoms with Gasteiger partial charge in [-0.15, -0.1) is 0 Å². The van der Waals surface area contributed by atoms with Crippen molar-refractivity contribution < 1.29 is 9.53 Å². The van der Waals surface area contributed by atoms with E-state index in [1.807, 2.05) is 14.0 Å². The van der Waals surface area contributed by atoms with Crippen molar-refractivity contribution in [2.75, 3.05) is 13.6 Å². The molecule has 2 fully saturated rings. The average Bonchev–Trinajstić information content (AvgIpc) is 2.87. The molecule has 5 heteroatoms. The molecule has 0 aromatic rings. The maximum Gasteiger partial charge on any atom is 0.250 e. The quantitative estimate of drug-likeness (QED) is 0.613. The van der Waals surface area contributed by atoms with E-state index in [1.54, 1.807) is 0 Å². The fourth-order valence-electron chi connectivity index (χ4n) is 2.44. The van der Waals surface area contributed by atoms with Gasteiger partial charge in [0, 0.05) is 18.6 Å². The largest absolute Gasteiger partial charge is 0.351 e. The summed E-state index contributed by atoms with van der Waals surface area (Å²) in [5.74, 6) is 0.0265. The van der Waals surface area contributed by atoms with E-state index >= 15 is 0 Å². The third kappa shape index (κ3) is 2.72. The van der Waals surface area contributed by atoms with Gasteiger partial charge in [-0.25, -0.2) is 0 Å². The van der Waals surface area contributed by atoms with Crippen LogP contribution in [0.5, 0.6) is 0 Å². The van der Waals surface area contributed by atoms with Gasteiger partial charge in [0.2, 0.25) is 0 Å². The van der Waals surface area contributed by atoms with Crippen LogP contribution in [0.2, 0.25) is 0 Å². The van der Waals surface area contributed by atoms with Crippen LogP contribution in [0.1, 0.15) is 26.2 Å². The Hall–Kier alpha value is -0.650. The van der Waals surface area contributed by atoms with Gasteiger partial charge in [0.05, 0.1) is 0 Å². The second-order valence-corrected chi connectivity index (χ2v) is 4.68. The minimum Gasteiger partial charge on any atom is -0.351 e. The van der Waals surface area contributed by atoms with Gasteiger partial charge in [-0.3, -0.25) is 10.1 Å². The third-order valence-corrected chi connectivity index (χ3v) is 3.44. The molecule has 0 bridgehead atoms. The topological polar surface area (TPSA) is 62.4 Å². The molecule has 2 aliphatic rings. The highest BCUT2D eigenvalue weighted by molar-refractivity contribution is 5.81.